The molecule has 0 spiro atoms. The Morgan fingerprint density at radius 2 is 2.33 bits per heavy atom. The molecule has 0 aliphatic heterocycles. The van der Waals surface area contributed by atoms with E-state index in [-0.39, 0.29) is 5.91 Å². The van der Waals surface area contributed by atoms with Crippen molar-refractivity contribution in [1.29, 1.82) is 0 Å². The minimum Gasteiger partial charge on any atom is -0.348 e. The van der Waals surface area contributed by atoms with Crippen molar-refractivity contribution in [1.82, 2.24) is 5.32 Å². The monoisotopic (exact) mass is 189 g/mol. The van der Waals surface area contributed by atoms with Crippen LogP contribution >= 0.6 is 15.9 Å². The third-order valence-electron chi connectivity index (χ3n) is 0.640. The van der Waals surface area contributed by atoms with E-state index in [2.05, 4.69) is 34.4 Å². The van der Waals surface area contributed by atoms with Crippen LogP contribution in [0.15, 0.2) is 23.7 Å². The lowest BCUT2D eigenvalue weighted by molar-refractivity contribution is -0.116. The van der Waals surface area contributed by atoms with Gasteiger partial charge in [-0.3, -0.25) is 4.79 Å². The summed E-state index contributed by atoms with van der Waals surface area (Å²) in [5.41, 5.74) is 0. The molecule has 0 rings (SSSR count). The van der Waals surface area contributed by atoms with Gasteiger partial charge < -0.3 is 5.32 Å². The second kappa shape index (κ2) is 4.32. The van der Waals surface area contributed by atoms with Crippen LogP contribution in [0.2, 0.25) is 0 Å². The van der Waals surface area contributed by atoms with E-state index in [1.165, 1.54) is 6.08 Å². The zero-order valence-electron chi connectivity index (χ0n) is 4.98. The van der Waals surface area contributed by atoms with Crippen LogP contribution in [0, 0.1) is 0 Å². The maximum atomic E-state index is 10.4. The van der Waals surface area contributed by atoms with E-state index >= 15 is 0 Å². The van der Waals surface area contributed by atoms with Crippen molar-refractivity contribution in [2.75, 3.05) is 6.54 Å². The number of nitrogens with one attached hydrogen (secondary N) is 1. The van der Waals surface area contributed by atoms with Gasteiger partial charge in [0, 0.05) is 11.0 Å². The average Bonchev–Trinajstić information content (AvgIpc) is 1.83. The molecule has 0 aliphatic rings. The van der Waals surface area contributed by atoms with Crippen molar-refractivity contribution in [2.24, 2.45) is 0 Å². The molecule has 0 radical (unpaired) electrons. The fourth-order valence-corrected chi connectivity index (χ4v) is 0.395. The number of rotatable bonds is 3. The van der Waals surface area contributed by atoms with Gasteiger partial charge in [0.25, 0.3) is 0 Å². The van der Waals surface area contributed by atoms with Gasteiger partial charge in [-0.15, -0.1) is 0 Å². The normalized spacial score (nSPS) is 8.11. The molecule has 3 heteroatoms. The third kappa shape index (κ3) is 5.30. The predicted octanol–water partition coefficient (Wildman–Crippen LogP) is 1.20. The first kappa shape index (κ1) is 8.43. The Morgan fingerprint density at radius 3 is 2.67 bits per heavy atom. The third-order valence-corrected chi connectivity index (χ3v) is 0.920. The van der Waals surface area contributed by atoms with Gasteiger partial charge in [0.1, 0.15) is 0 Å². The van der Waals surface area contributed by atoms with Crippen molar-refractivity contribution in [3.8, 4) is 0 Å². The molecule has 0 aromatic carbocycles. The van der Waals surface area contributed by atoms with Gasteiger partial charge in [0.05, 0.1) is 0 Å². The molecule has 1 amide bonds. The molecular formula is C6H8BrNO. The number of hydrogen-bond donors (Lipinski definition) is 1. The Bertz CT molecular complexity index is 142. The largest absolute Gasteiger partial charge is 0.348 e. The van der Waals surface area contributed by atoms with Gasteiger partial charge in [-0.25, -0.2) is 0 Å². The van der Waals surface area contributed by atoms with Crippen molar-refractivity contribution in [3.63, 3.8) is 0 Å². The van der Waals surface area contributed by atoms with E-state index in [0.29, 0.717) is 6.54 Å². The Balaban J connectivity index is 3.39. The lowest BCUT2D eigenvalue weighted by Gasteiger charge is -1.96. The van der Waals surface area contributed by atoms with Crippen molar-refractivity contribution in [2.45, 2.75) is 0 Å². The van der Waals surface area contributed by atoms with Crippen LogP contribution in [-0.2, 0) is 4.79 Å². The topological polar surface area (TPSA) is 29.1 Å². The first-order valence-corrected chi connectivity index (χ1v) is 3.19. The minimum atomic E-state index is -0.185. The quantitative estimate of drug-likeness (QED) is 0.665. The maximum absolute atomic E-state index is 10.4. The Labute approximate surface area is 62.8 Å². The molecule has 0 aromatic rings. The first-order chi connectivity index (χ1) is 4.16. The van der Waals surface area contributed by atoms with E-state index in [4.69, 9.17) is 0 Å². The van der Waals surface area contributed by atoms with Gasteiger partial charge in [-0.1, -0.05) is 29.1 Å². The minimum absolute atomic E-state index is 0.185. The summed E-state index contributed by atoms with van der Waals surface area (Å²) in [7, 11) is 0. The van der Waals surface area contributed by atoms with Crippen LogP contribution in [-0.4, -0.2) is 12.5 Å². The van der Waals surface area contributed by atoms with Crippen LogP contribution in [0.4, 0.5) is 0 Å². The van der Waals surface area contributed by atoms with Crippen LogP contribution in [0.25, 0.3) is 0 Å². The van der Waals surface area contributed by atoms with E-state index in [9.17, 15) is 4.79 Å². The molecule has 0 aromatic heterocycles. The Hall–Kier alpha value is -0.570. The van der Waals surface area contributed by atoms with Crippen LogP contribution in [0.1, 0.15) is 0 Å². The lowest BCUT2D eigenvalue weighted by atomic mass is 10.5. The molecular weight excluding hydrogens is 182 g/mol. The molecule has 0 saturated heterocycles. The summed E-state index contributed by atoms with van der Waals surface area (Å²) in [6.45, 7) is 7.26. The second-order valence-electron chi connectivity index (χ2n) is 1.44. The van der Waals surface area contributed by atoms with Gasteiger partial charge in [0.2, 0.25) is 5.91 Å². The van der Waals surface area contributed by atoms with Gasteiger partial charge in [-0.2, -0.15) is 0 Å². The summed E-state index contributed by atoms with van der Waals surface area (Å²) >= 11 is 3.09. The molecule has 9 heavy (non-hydrogen) atoms. The predicted molar refractivity (Wildman–Crippen MR) is 41.3 cm³/mol. The zero-order valence-corrected chi connectivity index (χ0v) is 6.57. The lowest BCUT2D eigenvalue weighted by Crippen LogP contribution is -2.21. The summed E-state index contributed by atoms with van der Waals surface area (Å²) < 4.78 is 0.748. The summed E-state index contributed by atoms with van der Waals surface area (Å²) in [4.78, 5) is 10.4. The van der Waals surface area contributed by atoms with E-state index in [1.807, 2.05) is 0 Å². The highest BCUT2D eigenvalue weighted by Crippen LogP contribution is 1.95. The summed E-state index contributed by atoms with van der Waals surface area (Å²) in [5.74, 6) is -0.185. The Kier molecular flexibility index (Phi) is 4.05. The van der Waals surface area contributed by atoms with Crippen molar-refractivity contribution >= 4 is 21.8 Å². The van der Waals surface area contributed by atoms with Crippen LogP contribution in [0.5, 0.6) is 0 Å². The Morgan fingerprint density at radius 1 is 1.78 bits per heavy atom. The number of carbonyl (C=O) groups is 1. The van der Waals surface area contributed by atoms with E-state index in [0.717, 1.165) is 4.48 Å². The summed E-state index contributed by atoms with van der Waals surface area (Å²) in [6, 6.07) is 0. The van der Waals surface area contributed by atoms with E-state index < -0.39 is 0 Å². The molecule has 0 heterocycles. The molecule has 2 nitrogen and oxygen atoms in total. The number of hydrogen-bond acceptors (Lipinski definition) is 1. The van der Waals surface area contributed by atoms with Crippen LogP contribution in [0.3, 0.4) is 0 Å². The summed E-state index contributed by atoms with van der Waals surface area (Å²) in [5, 5.41) is 2.53. The van der Waals surface area contributed by atoms with E-state index in [1.54, 1.807) is 0 Å². The first-order valence-electron chi connectivity index (χ1n) is 2.40. The molecule has 0 atom stereocenters. The average molecular weight is 190 g/mol. The highest BCUT2D eigenvalue weighted by atomic mass is 79.9. The highest BCUT2D eigenvalue weighted by Gasteiger charge is 1.91. The molecule has 50 valence electrons. The molecule has 0 bridgehead atoms. The molecule has 0 fully saturated rings. The van der Waals surface area contributed by atoms with Gasteiger partial charge >= 0.3 is 0 Å². The second-order valence-corrected chi connectivity index (χ2v) is 2.56. The van der Waals surface area contributed by atoms with Crippen LogP contribution < -0.4 is 5.32 Å². The van der Waals surface area contributed by atoms with Crippen molar-refractivity contribution < 1.29 is 4.79 Å². The smallest absolute Gasteiger partial charge is 0.243 e. The zero-order chi connectivity index (χ0) is 7.28. The van der Waals surface area contributed by atoms with Gasteiger partial charge in [0.15, 0.2) is 0 Å². The molecule has 0 unspecified atom stereocenters. The molecule has 0 saturated carbocycles. The fraction of sp³-hybridized carbons (Fsp3) is 0.167. The standard InChI is InChI=1S/C6H8BrNO/c1-3-6(9)8-4-5(2)7/h3H,1-2,4H2,(H,8,9). The maximum Gasteiger partial charge on any atom is 0.243 e. The SMILES string of the molecule is C=CC(=O)NCC(=C)Br. The number of amides is 1. The highest BCUT2D eigenvalue weighted by molar-refractivity contribution is 9.11. The number of halogens is 1. The molecule has 1 N–H and O–H groups in total. The van der Waals surface area contributed by atoms with Gasteiger partial charge in [-0.05, 0) is 6.08 Å². The number of carbonyl (C=O) groups excluding carboxylic acids is 1. The summed E-state index contributed by atoms with van der Waals surface area (Å²) in [6.07, 6.45) is 1.22. The fourth-order valence-electron chi connectivity index (χ4n) is 0.255. The van der Waals surface area contributed by atoms with Crippen molar-refractivity contribution in [3.05, 3.63) is 23.7 Å². The molecule has 0 aliphatic carbocycles.